The van der Waals surface area contributed by atoms with Gasteiger partial charge < -0.3 is 4.74 Å². The van der Waals surface area contributed by atoms with Gasteiger partial charge in [-0.1, -0.05) is 50.2 Å². The third kappa shape index (κ3) is 5.68. The maximum Gasteiger partial charge on any atom is 0.573 e. The van der Waals surface area contributed by atoms with Gasteiger partial charge in [0.15, 0.2) is 11.6 Å². The van der Waals surface area contributed by atoms with Crippen LogP contribution in [0, 0.1) is 18.8 Å². The average Bonchev–Trinajstić information content (AvgIpc) is 3.09. The second kappa shape index (κ2) is 10.1. The fourth-order valence-electron chi connectivity index (χ4n) is 4.36. The molecule has 37 heavy (non-hydrogen) atoms. The number of ether oxygens (including phenoxy) is 1. The van der Waals surface area contributed by atoms with Crippen molar-refractivity contribution < 1.29 is 32.3 Å². The zero-order valence-electron chi connectivity index (χ0n) is 20.3. The van der Waals surface area contributed by atoms with E-state index in [0.29, 0.717) is 11.6 Å². The number of amides is 1. The highest BCUT2D eigenvalue weighted by molar-refractivity contribution is 6.48. The molecule has 7 nitrogen and oxygen atoms in total. The van der Waals surface area contributed by atoms with Gasteiger partial charge in [-0.2, -0.15) is 5.10 Å². The highest BCUT2D eigenvalue weighted by Gasteiger charge is 2.53. The number of nitrogens with zero attached hydrogens (tertiary/aromatic N) is 3. The maximum atomic E-state index is 13.6. The summed E-state index contributed by atoms with van der Waals surface area (Å²) >= 11 is 0. The van der Waals surface area contributed by atoms with Gasteiger partial charge >= 0.3 is 6.36 Å². The molecule has 1 aliphatic heterocycles. The Morgan fingerprint density at radius 1 is 0.973 bits per heavy atom. The van der Waals surface area contributed by atoms with E-state index in [0.717, 1.165) is 29.0 Å². The number of aryl methyl sites for hydroxylation is 1. The predicted molar refractivity (Wildman–Crippen MR) is 128 cm³/mol. The van der Waals surface area contributed by atoms with Crippen LogP contribution in [0.5, 0.6) is 5.75 Å². The summed E-state index contributed by atoms with van der Waals surface area (Å²) < 4.78 is 41.8. The monoisotopic (exact) mass is 511 g/mol. The lowest BCUT2D eigenvalue weighted by Gasteiger charge is -2.26. The molecule has 0 spiro atoms. The summed E-state index contributed by atoms with van der Waals surface area (Å²) in [4.78, 5) is 41.0. The van der Waals surface area contributed by atoms with Gasteiger partial charge in [0.05, 0.1) is 11.7 Å². The summed E-state index contributed by atoms with van der Waals surface area (Å²) in [7, 11) is 0. The van der Waals surface area contributed by atoms with E-state index < -0.39 is 41.5 Å². The van der Waals surface area contributed by atoms with Crippen molar-refractivity contribution in [3.63, 3.8) is 0 Å². The number of halogens is 3. The minimum atomic E-state index is -4.88. The first-order chi connectivity index (χ1) is 17.4. The lowest BCUT2D eigenvalue weighted by molar-refractivity contribution is -0.274. The van der Waals surface area contributed by atoms with Crippen molar-refractivity contribution in [1.29, 1.82) is 0 Å². The van der Waals surface area contributed by atoms with Crippen LogP contribution in [0.2, 0.25) is 0 Å². The number of hydrogen-bond donors (Lipinski definition) is 0. The first-order valence-corrected chi connectivity index (χ1v) is 11.6. The lowest BCUT2D eigenvalue weighted by atomic mass is 9.86. The van der Waals surface area contributed by atoms with Gasteiger partial charge in [-0.05, 0) is 54.7 Å². The number of ketones is 2. The Morgan fingerprint density at radius 2 is 1.62 bits per heavy atom. The standard InChI is InChI=1S/C27H24F3N3O4/c1-15(2)14-17-5-7-19(8-6-17)24(34)22-23(18-9-11-20(12-10-18)37-27(28,29)30)33(26(36)25(22)35)21-13-4-16(3)31-32-21/h4-13,15,22-23H,14H2,1-3H3. The summed E-state index contributed by atoms with van der Waals surface area (Å²) in [5.74, 6) is -3.90. The molecule has 2 heterocycles. The molecule has 1 fully saturated rings. The molecule has 2 atom stereocenters. The molecule has 4 rings (SSSR count). The molecule has 0 N–H and O–H groups in total. The Morgan fingerprint density at radius 3 is 2.16 bits per heavy atom. The molecule has 1 aromatic heterocycles. The van der Waals surface area contributed by atoms with Gasteiger partial charge in [0.25, 0.3) is 5.91 Å². The van der Waals surface area contributed by atoms with Gasteiger partial charge in [-0.3, -0.25) is 19.3 Å². The molecule has 2 unspecified atom stereocenters. The zero-order chi connectivity index (χ0) is 26.9. The van der Waals surface area contributed by atoms with Crippen LogP contribution in [0.1, 0.15) is 47.1 Å². The maximum absolute atomic E-state index is 13.6. The highest BCUT2D eigenvalue weighted by atomic mass is 19.4. The van der Waals surface area contributed by atoms with Crippen LogP contribution in [-0.2, 0) is 16.0 Å². The van der Waals surface area contributed by atoms with E-state index in [2.05, 4.69) is 28.8 Å². The minimum absolute atomic E-state index is 0.0483. The zero-order valence-corrected chi connectivity index (χ0v) is 20.3. The number of carbonyl (C=O) groups is 3. The van der Waals surface area contributed by atoms with E-state index in [9.17, 15) is 27.6 Å². The Kier molecular flexibility index (Phi) is 7.11. The lowest BCUT2D eigenvalue weighted by Crippen LogP contribution is -2.31. The van der Waals surface area contributed by atoms with Crippen molar-refractivity contribution in [1.82, 2.24) is 10.2 Å². The summed E-state index contributed by atoms with van der Waals surface area (Å²) in [6, 6.07) is 13.5. The van der Waals surface area contributed by atoms with Crippen LogP contribution in [0.25, 0.3) is 0 Å². The second-order valence-corrected chi connectivity index (χ2v) is 9.27. The molecule has 0 saturated carbocycles. The Balaban J connectivity index is 1.75. The van der Waals surface area contributed by atoms with Crippen LogP contribution in [0.3, 0.4) is 0 Å². The van der Waals surface area contributed by atoms with E-state index in [4.69, 9.17) is 0 Å². The molecule has 2 aromatic carbocycles. The fourth-order valence-corrected chi connectivity index (χ4v) is 4.36. The Hall–Kier alpha value is -4.08. The van der Waals surface area contributed by atoms with Crippen LogP contribution in [0.4, 0.5) is 19.0 Å². The number of Topliss-reactive ketones (excluding diaryl/α,β-unsaturated/α-hetero) is 2. The van der Waals surface area contributed by atoms with Crippen LogP contribution in [0.15, 0.2) is 60.7 Å². The number of alkyl halides is 3. The second-order valence-electron chi connectivity index (χ2n) is 9.27. The number of hydrogen-bond acceptors (Lipinski definition) is 6. The van der Waals surface area contributed by atoms with Gasteiger partial charge in [-0.25, -0.2) is 0 Å². The normalized spacial score (nSPS) is 18.0. The van der Waals surface area contributed by atoms with Crippen molar-refractivity contribution in [3.8, 4) is 5.75 Å². The number of anilines is 1. The van der Waals surface area contributed by atoms with Gasteiger partial charge in [0.1, 0.15) is 11.7 Å². The highest BCUT2D eigenvalue weighted by Crippen LogP contribution is 2.41. The number of benzene rings is 2. The van der Waals surface area contributed by atoms with E-state index in [1.807, 2.05) is 0 Å². The average molecular weight is 512 g/mol. The van der Waals surface area contributed by atoms with Crippen LogP contribution >= 0.6 is 0 Å². The van der Waals surface area contributed by atoms with E-state index in [1.54, 1.807) is 37.3 Å². The molecular formula is C27H24F3N3O4. The first-order valence-electron chi connectivity index (χ1n) is 11.6. The molecule has 1 amide bonds. The predicted octanol–water partition coefficient (Wildman–Crippen LogP) is 5.04. The quantitative estimate of drug-likeness (QED) is 0.251. The SMILES string of the molecule is Cc1ccc(N2C(=O)C(=O)C(C(=O)c3ccc(CC(C)C)cc3)C2c2ccc(OC(F)(F)F)cc2)nn1. The molecule has 3 aromatic rings. The van der Waals surface area contributed by atoms with Crippen molar-refractivity contribution in [2.24, 2.45) is 11.8 Å². The Bertz CT molecular complexity index is 1300. The first kappa shape index (κ1) is 26.0. The molecule has 10 heteroatoms. The third-order valence-corrected chi connectivity index (χ3v) is 5.96. The van der Waals surface area contributed by atoms with Gasteiger partial charge in [0, 0.05) is 5.56 Å². The van der Waals surface area contributed by atoms with Crippen LogP contribution in [-0.4, -0.2) is 34.0 Å². The molecule has 0 bridgehead atoms. The Labute approximate surface area is 211 Å². The molecule has 192 valence electrons. The number of aromatic nitrogens is 2. The van der Waals surface area contributed by atoms with Gasteiger partial charge in [-0.15, -0.1) is 18.3 Å². The minimum Gasteiger partial charge on any atom is -0.406 e. The van der Waals surface area contributed by atoms with E-state index in [1.165, 1.54) is 18.2 Å². The van der Waals surface area contributed by atoms with Crippen LogP contribution < -0.4 is 9.64 Å². The topological polar surface area (TPSA) is 89.5 Å². The number of carbonyl (C=O) groups excluding carboxylic acids is 3. The summed E-state index contributed by atoms with van der Waals surface area (Å²) in [5, 5.41) is 7.95. The fraction of sp³-hybridized carbons (Fsp3) is 0.296. The summed E-state index contributed by atoms with van der Waals surface area (Å²) in [6.07, 6.45) is -4.07. The molecule has 1 aliphatic rings. The molecule has 0 aliphatic carbocycles. The largest absolute Gasteiger partial charge is 0.573 e. The molecular weight excluding hydrogens is 487 g/mol. The van der Waals surface area contributed by atoms with E-state index in [-0.39, 0.29) is 16.9 Å². The van der Waals surface area contributed by atoms with Gasteiger partial charge in [0.2, 0.25) is 5.78 Å². The van der Waals surface area contributed by atoms with Crippen molar-refractivity contribution in [2.75, 3.05) is 4.90 Å². The smallest absolute Gasteiger partial charge is 0.406 e. The van der Waals surface area contributed by atoms with Crippen molar-refractivity contribution in [3.05, 3.63) is 83.0 Å². The summed E-state index contributed by atoms with van der Waals surface area (Å²) in [5.41, 5.74) is 2.11. The number of rotatable bonds is 7. The third-order valence-electron chi connectivity index (χ3n) is 5.96. The molecule has 1 saturated heterocycles. The molecule has 0 radical (unpaired) electrons. The summed E-state index contributed by atoms with van der Waals surface area (Å²) in [6.45, 7) is 5.83. The van der Waals surface area contributed by atoms with Crippen molar-refractivity contribution >= 4 is 23.3 Å². The van der Waals surface area contributed by atoms with Crippen molar-refractivity contribution in [2.45, 2.75) is 39.6 Å². The van der Waals surface area contributed by atoms with E-state index >= 15 is 0 Å².